The Kier molecular flexibility index (Phi) is 3.88. The van der Waals surface area contributed by atoms with E-state index < -0.39 is 15.9 Å². The summed E-state index contributed by atoms with van der Waals surface area (Å²) in [6.45, 7) is 2.26. The Balaban J connectivity index is 2.56. The normalized spacial score (nSPS) is 27.1. The average molecular weight is 223 g/mol. The van der Waals surface area contributed by atoms with E-state index in [1.165, 1.54) is 0 Å². The van der Waals surface area contributed by atoms with Crippen molar-refractivity contribution in [3.63, 3.8) is 0 Å². The third-order valence-electron chi connectivity index (χ3n) is 2.59. The number of hydrogen-bond donors (Lipinski definition) is 2. The number of rotatable bonds is 3. The Morgan fingerprint density at radius 2 is 1.86 bits per heavy atom. The van der Waals surface area contributed by atoms with E-state index >= 15 is 0 Å². The van der Waals surface area contributed by atoms with Gasteiger partial charge in [-0.1, -0.05) is 0 Å². The first-order valence-electron chi connectivity index (χ1n) is 4.69. The summed E-state index contributed by atoms with van der Waals surface area (Å²) in [5.41, 5.74) is 0. The average Bonchev–Trinajstić information content (AvgIpc) is 2.08. The molecule has 0 saturated carbocycles. The zero-order valence-electron chi connectivity index (χ0n) is 8.26. The highest BCUT2D eigenvalue weighted by Gasteiger charge is 2.28. The van der Waals surface area contributed by atoms with Gasteiger partial charge in [0.05, 0.1) is 30.3 Å². The van der Waals surface area contributed by atoms with Crippen LogP contribution >= 0.6 is 0 Å². The molecule has 1 rings (SSSR count). The zero-order chi connectivity index (χ0) is 10.8. The molecule has 0 aromatic heterocycles. The van der Waals surface area contributed by atoms with E-state index in [1.54, 1.807) is 6.92 Å². The quantitative estimate of drug-likeness (QED) is 0.606. The fraction of sp³-hybridized carbons (Fsp3) is 1.00. The van der Waals surface area contributed by atoms with Gasteiger partial charge in [0.2, 0.25) is 0 Å². The van der Waals surface area contributed by atoms with Crippen LogP contribution in [0.25, 0.3) is 0 Å². The molecule has 14 heavy (non-hydrogen) atoms. The molecule has 0 aromatic rings. The van der Waals surface area contributed by atoms with Gasteiger partial charge < -0.3 is 10.2 Å². The minimum Gasteiger partial charge on any atom is -0.395 e. The lowest BCUT2D eigenvalue weighted by molar-refractivity contribution is 0.0296. The molecule has 0 bridgehead atoms. The highest BCUT2D eigenvalue weighted by molar-refractivity contribution is 7.91. The Bertz CT molecular complexity index is 261. The third-order valence-corrected chi connectivity index (χ3v) is 4.20. The number of nitrogens with zero attached hydrogens (tertiary/aromatic N) is 1. The molecule has 1 fully saturated rings. The summed E-state index contributed by atoms with van der Waals surface area (Å²) in [5.74, 6) is 0.242. The Morgan fingerprint density at radius 3 is 2.21 bits per heavy atom. The highest BCUT2D eigenvalue weighted by atomic mass is 32.2. The Hall–Kier alpha value is -0.170. The maximum Gasteiger partial charge on any atom is 0.152 e. The van der Waals surface area contributed by atoms with Gasteiger partial charge in [-0.15, -0.1) is 0 Å². The second-order valence-corrected chi connectivity index (χ2v) is 5.98. The summed E-state index contributed by atoms with van der Waals surface area (Å²) >= 11 is 0. The van der Waals surface area contributed by atoms with Crippen molar-refractivity contribution in [1.82, 2.24) is 4.90 Å². The van der Waals surface area contributed by atoms with Crippen molar-refractivity contribution in [2.24, 2.45) is 0 Å². The number of aliphatic hydroxyl groups excluding tert-OH is 2. The molecule has 1 unspecified atom stereocenters. The summed E-state index contributed by atoms with van der Waals surface area (Å²) in [6.07, 6.45) is -0.638. The Morgan fingerprint density at radius 1 is 1.36 bits per heavy atom. The van der Waals surface area contributed by atoms with Gasteiger partial charge in [0.1, 0.15) is 0 Å². The van der Waals surface area contributed by atoms with Crippen LogP contribution < -0.4 is 0 Å². The maximum atomic E-state index is 11.1. The monoisotopic (exact) mass is 223 g/mol. The molecule has 2 N–H and O–H groups in total. The summed E-state index contributed by atoms with van der Waals surface area (Å²) in [6, 6.07) is -0.342. The molecule has 0 spiro atoms. The SMILES string of the molecule is C[C@@H](O)C(CO)N1CCS(=O)(=O)CC1. The van der Waals surface area contributed by atoms with Crippen LogP contribution in [-0.2, 0) is 9.84 Å². The highest BCUT2D eigenvalue weighted by Crippen LogP contribution is 2.10. The van der Waals surface area contributed by atoms with Crippen LogP contribution in [0.15, 0.2) is 0 Å². The molecule has 0 radical (unpaired) electrons. The van der Waals surface area contributed by atoms with Crippen molar-refractivity contribution in [2.75, 3.05) is 31.2 Å². The molecule has 1 aliphatic heterocycles. The van der Waals surface area contributed by atoms with Gasteiger partial charge >= 0.3 is 0 Å². The first-order valence-corrected chi connectivity index (χ1v) is 6.52. The van der Waals surface area contributed by atoms with Crippen LogP contribution in [0, 0.1) is 0 Å². The van der Waals surface area contributed by atoms with Crippen molar-refractivity contribution in [3.8, 4) is 0 Å². The van der Waals surface area contributed by atoms with E-state index in [9.17, 15) is 13.5 Å². The van der Waals surface area contributed by atoms with E-state index in [0.29, 0.717) is 13.1 Å². The van der Waals surface area contributed by atoms with Gasteiger partial charge in [-0.25, -0.2) is 8.42 Å². The van der Waals surface area contributed by atoms with Crippen molar-refractivity contribution >= 4 is 9.84 Å². The fourth-order valence-electron chi connectivity index (χ4n) is 1.63. The molecule has 0 aromatic carbocycles. The molecule has 5 nitrogen and oxygen atoms in total. The number of aliphatic hydroxyl groups is 2. The first kappa shape index (κ1) is 11.9. The van der Waals surface area contributed by atoms with Crippen LogP contribution in [0.4, 0.5) is 0 Å². The predicted molar refractivity (Wildman–Crippen MR) is 52.8 cm³/mol. The van der Waals surface area contributed by atoms with Crippen LogP contribution in [-0.4, -0.2) is 66.9 Å². The number of sulfone groups is 1. The zero-order valence-corrected chi connectivity index (χ0v) is 9.07. The van der Waals surface area contributed by atoms with Gasteiger partial charge in [0.25, 0.3) is 0 Å². The fourth-order valence-corrected chi connectivity index (χ4v) is 2.86. The first-order chi connectivity index (χ1) is 6.46. The van der Waals surface area contributed by atoms with Crippen LogP contribution in [0.1, 0.15) is 6.92 Å². The molecular formula is C8H17NO4S. The minimum atomic E-state index is -2.89. The van der Waals surface area contributed by atoms with E-state index in [1.807, 2.05) is 4.90 Å². The van der Waals surface area contributed by atoms with Crippen LogP contribution in [0.5, 0.6) is 0 Å². The van der Waals surface area contributed by atoms with Crippen molar-refractivity contribution in [1.29, 1.82) is 0 Å². The largest absolute Gasteiger partial charge is 0.395 e. The lowest BCUT2D eigenvalue weighted by atomic mass is 10.1. The summed E-state index contributed by atoms with van der Waals surface area (Å²) in [4.78, 5) is 1.83. The summed E-state index contributed by atoms with van der Waals surface area (Å²) < 4.78 is 22.3. The molecule has 0 amide bonds. The van der Waals surface area contributed by atoms with Crippen LogP contribution in [0.2, 0.25) is 0 Å². The standard InChI is InChI=1S/C8H17NO4S/c1-7(11)8(6-10)9-2-4-14(12,13)5-3-9/h7-8,10-11H,2-6H2,1H3/t7-,8?/m1/s1. The molecule has 1 aliphatic rings. The van der Waals surface area contributed by atoms with Crippen molar-refractivity contribution in [3.05, 3.63) is 0 Å². The maximum absolute atomic E-state index is 11.1. The molecule has 2 atom stereocenters. The van der Waals surface area contributed by atoms with E-state index in [4.69, 9.17) is 5.11 Å². The minimum absolute atomic E-state index is 0.121. The predicted octanol–water partition coefficient (Wildman–Crippen LogP) is -1.54. The third kappa shape index (κ3) is 2.91. The van der Waals surface area contributed by atoms with Crippen molar-refractivity contribution in [2.45, 2.75) is 19.1 Å². The molecular weight excluding hydrogens is 206 g/mol. The molecule has 84 valence electrons. The second-order valence-electron chi connectivity index (χ2n) is 3.68. The van der Waals surface area contributed by atoms with Gasteiger partial charge in [0.15, 0.2) is 9.84 Å². The Labute approximate surface area is 84.3 Å². The second kappa shape index (κ2) is 4.57. The van der Waals surface area contributed by atoms with Gasteiger partial charge in [0, 0.05) is 13.1 Å². The summed E-state index contributed by atoms with van der Waals surface area (Å²) in [5, 5.41) is 18.4. The van der Waals surface area contributed by atoms with E-state index in [0.717, 1.165) is 0 Å². The van der Waals surface area contributed by atoms with Gasteiger partial charge in [-0.3, -0.25) is 4.90 Å². The van der Waals surface area contributed by atoms with E-state index in [-0.39, 0.29) is 24.2 Å². The smallest absolute Gasteiger partial charge is 0.152 e. The number of hydrogen-bond acceptors (Lipinski definition) is 5. The van der Waals surface area contributed by atoms with Crippen molar-refractivity contribution < 1.29 is 18.6 Å². The molecule has 6 heteroatoms. The van der Waals surface area contributed by atoms with Gasteiger partial charge in [-0.2, -0.15) is 0 Å². The van der Waals surface area contributed by atoms with Gasteiger partial charge in [-0.05, 0) is 6.92 Å². The molecule has 1 heterocycles. The lowest BCUT2D eigenvalue weighted by Crippen LogP contribution is -2.51. The molecule has 1 saturated heterocycles. The van der Waals surface area contributed by atoms with Crippen LogP contribution in [0.3, 0.4) is 0 Å². The van der Waals surface area contributed by atoms with E-state index in [2.05, 4.69) is 0 Å². The molecule has 0 aliphatic carbocycles. The topological polar surface area (TPSA) is 77.8 Å². The summed E-state index contributed by atoms with van der Waals surface area (Å²) in [7, 11) is -2.89. The lowest BCUT2D eigenvalue weighted by Gasteiger charge is -2.34.